The van der Waals surface area contributed by atoms with Crippen molar-refractivity contribution in [2.24, 2.45) is 5.41 Å². The minimum atomic E-state index is -0.765. The average Bonchev–Trinajstić information content (AvgIpc) is 2.26. The predicted octanol–water partition coefficient (Wildman–Crippen LogP) is 3.72. The van der Waals surface area contributed by atoms with Gasteiger partial charge in [0.1, 0.15) is 5.75 Å². The van der Waals surface area contributed by atoms with Crippen molar-refractivity contribution in [3.63, 3.8) is 0 Å². The largest absolute Gasteiger partial charge is 0.492 e. The number of para-hydroxylation sites is 1. The third-order valence-corrected chi connectivity index (χ3v) is 3.27. The summed E-state index contributed by atoms with van der Waals surface area (Å²) in [6.45, 7) is 3.99. The van der Waals surface area contributed by atoms with E-state index < -0.39 is 11.4 Å². The van der Waals surface area contributed by atoms with E-state index in [2.05, 4.69) is 15.9 Å². The van der Waals surface area contributed by atoms with Gasteiger partial charge in [0.05, 0.1) is 16.5 Å². The molecule has 1 rings (SSSR count). The summed E-state index contributed by atoms with van der Waals surface area (Å²) in [6.07, 6.45) is 1.33. The highest BCUT2D eigenvalue weighted by Crippen LogP contribution is 2.25. The smallest absolute Gasteiger partial charge is 0.309 e. The Morgan fingerprint density at radius 1 is 1.41 bits per heavy atom. The predicted molar refractivity (Wildman–Crippen MR) is 70.3 cm³/mol. The number of carboxylic acid groups (broad SMARTS) is 1. The minimum Gasteiger partial charge on any atom is -0.492 e. The van der Waals surface area contributed by atoms with E-state index in [-0.39, 0.29) is 0 Å². The van der Waals surface area contributed by atoms with Gasteiger partial charge in [0, 0.05) is 0 Å². The average molecular weight is 301 g/mol. The van der Waals surface area contributed by atoms with E-state index in [0.717, 1.165) is 16.6 Å². The Morgan fingerprint density at radius 3 is 2.65 bits per heavy atom. The van der Waals surface area contributed by atoms with Crippen LogP contribution in [0, 0.1) is 5.41 Å². The van der Waals surface area contributed by atoms with E-state index >= 15 is 0 Å². The van der Waals surface area contributed by atoms with Crippen LogP contribution in [0.1, 0.15) is 26.7 Å². The summed E-state index contributed by atoms with van der Waals surface area (Å²) in [5.41, 5.74) is -0.683. The zero-order chi connectivity index (χ0) is 12.9. The van der Waals surface area contributed by atoms with Gasteiger partial charge in [-0.2, -0.15) is 0 Å². The van der Waals surface area contributed by atoms with Gasteiger partial charge in [-0.3, -0.25) is 4.79 Å². The fourth-order valence-electron chi connectivity index (χ4n) is 1.36. The lowest BCUT2D eigenvalue weighted by molar-refractivity contribution is -0.147. The highest BCUT2D eigenvalue weighted by molar-refractivity contribution is 9.10. The van der Waals surface area contributed by atoms with E-state index in [1.54, 1.807) is 13.8 Å². The molecule has 0 atom stereocenters. The first-order valence-corrected chi connectivity index (χ1v) is 6.33. The summed E-state index contributed by atoms with van der Waals surface area (Å²) < 4.78 is 6.49. The third-order valence-electron chi connectivity index (χ3n) is 2.62. The Bertz CT molecular complexity index is 388. The van der Waals surface area contributed by atoms with Crippen LogP contribution < -0.4 is 4.74 Å². The van der Waals surface area contributed by atoms with E-state index in [0.29, 0.717) is 13.0 Å². The first-order valence-electron chi connectivity index (χ1n) is 5.54. The van der Waals surface area contributed by atoms with Crippen molar-refractivity contribution in [2.45, 2.75) is 26.7 Å². The molecule has 1 aromatic rings. The van der Waals surface area contributed by atoms with Gasteiger partial charge in [0.2, 0.25) is 0 Å². The molecule has 0 bridgehead atoms. The molecular weight excluding hydrogens is 284 g/mol. The van der Waals surface area contributed by atoms with Crippen molar-refractivity contribution in [1.82, 2.24) is 0 Å². The second-order valence-electron chi connectivity index (χ2n) is 4.57. The van der Waals surface area contributed by atoms with Gasteiger partial charge in [-0.15, -0.1) is 0 Å². The van der Waals surface area contributed by atoms with Crippen molar-refractivity contribution < 1.29 is 14.6 Å². The summed E-state index contributed by atoms with van der Waals surface area (Å²) in [6, 6.07) is 7.62. The van der Waals surface area contributed by atoms with E-state index in [1.165, 1.54) is 0 Å². The van der Waals surface area contributed by atoms with Gasteiger partial charge in [-0.25, -0.2) is 0 Å². The highest BCUT2D eigenvalue weighted by atomic mass is 79.9. The summed E-state index contributed by atoms with van der Waals surface area (Å²) in [5.74, 6) is 0.0269. The van der Waals surface area contributed by atoms with Gasteiger partial charge in [0.25, 0.3) is 0 Å². The first-order chi connectivity index (χ1) is 7.93. The van der Waals surface area contributed by atoms with Crippen molar-refractivity contribution >= 4 is 21.9 Å². The molecule has 0 radical (unpaired) electrons. The summed E-state index contributed by atoms with van der Waals surface area (Å²) in [5, 5.41) is 8.95. The first kappa shape index (κ1) is 14.0. The molecule has 1 N–H and O–H groups in total. The molecular formula is C13H17BrO3. The van der Waals surface area contributed by atoms with E-state index in [1.807, 2.05) is 24.3 Å². The van der Waals surface area contributed by atoms with Gasteiger partial charge in [0.15, 0.2) is 0 Å². The molecule has 0 saturated carbocycles. The quantitative estimate of drug-likeness (QED) is 0.815. The van der Waals surface area contributed by atoms with Crippen molar-refractivity contribution in [2.75, 3.05) is 6.61 Å². The van der Waals surface area contributed by atoms with Crippen LogP contribution in [0.5, 0.6) is 5.75 Å². The number of halogens is 1. The monoisotopic (exact) mass is 300 g/mol. The molecule has 94 valence electrons. The molecule has 0 aliphatic rings. The molecule has 17 heavy (non-hydrogen) atoms. The van der Waals surface area contributed by atoms with Crippen molar-refractivity contribution in [1.29, 1.82) is 0 Å². The summed E-state index contributed by atoms with van der Waals surface area (Å²) in [7, 11) is 0. The summed E-state index contributed by atoms with van der Waals surface area (Å²) in [4.78, 5) is 10.9. The SMILES string of the molecule is CC(C)(CCCOc1ccccc1Br)C(=O)O. The molecule has 0 saturated heterocycles. The number of ether oxygens (including phenoxy) is 1. The highest BCUT2D eigenvalue weighted by Gasteiger charge is 2.26. The number of carboxylic acids is 1. The van der Waals surface area contributed by atoms with E-state index in [9.17, 15) is 4.79 Å². The van der Waals surface area contributed by atoms with Crippen LogP contribution in [-0.2, 0) is 4.79 Å². The molecule has 0 aliphatic heterocycles. The second kappa shape index (κ2) is 6.05. The standard InChI is InChI=1S/C13H17BrO3/c1-13(2,12(15)16)8-5-9-17-11-7-4-3-6-10(11)14/h3-4,6-7H,5,8-9H2,1-2H3,(H,15,16). The van der Waals surface area contributed by atoms with Crippen LogP contribution in [-0.4, -0.2) is 17.7 Å². The van der Waals surface area contributed by atoms with Crippen molar-refractivity contribution in [3.05, 3.63) is 28.7 Å². The van der Waals surface area contributed by atoms with Crippen LogP contribution in [0.2, 0.25) is 0 Å². The molecule has 0 spiro atoms. The van der Waals surface area contributed by atoms with Crippen LogP contribution in [0.3, 0.4) is 0 Å². The summed E-state index contributed by atoms with van der Waals surface area (Å²) >= 11 is 3.39. The normalized spacial score (nSPS) is 11.2. The second-order valence-corrected chi connectivity index (χ2v) is 5.43. The Balaban J connectivity index is 2.35. The lowest BCUT2D eigenvalue weighted by Crippen LogP contribution is -2.24. The molecule has 4 heteroatoms. The Hall–Kier alpha value is -1.03. The fourth-order valence-corrected chi connectivity index (χ4v) is 1.76. The number of hydrogen-bond donors (Lipinski definition) is 1. The number of rotatable bonds is 6. The zero-order valence-electron chi connectivity index (χ0n) is 10.1. The molecule has 0 fully saturated rings. The Kier molecular flexibility index (Phi) is 5.00. The molecule has 1 aromatic carbocycles. The lowest BCUT2D eigenvalue weighted by atomic mass is 9.88. The number of aliphatic carboxylic acids is 1. The maximum atomic E-state index is 10.9. The van der Waals surface area contributed by atoms with Crippen molar-refractivity contribution in [3.8, 4) is 5.75 Å². The number of carbonyl (C=O) groups is 1. The zero-order valence-corrected chi connectivity index (χ0v) is 11.7. The third kappa shape index (κ3) is 4.38. The van der Waals surface area contributed by atoms with Crippen LogP contribution >= 0.6 is 15.9 Å². The van der Waals surface area contributed by atoms with Gasteiger partial charge in [-0.1, -0.05) is 12.1 Å². The molecule has 0 aromatic heterocycles. The van der Waals surface area contributed by atoms with Crippen LogP contribution in [0.4, 0.5) is 0 Å². The van der Waals surface area contributed by atoms with Gasteiger partial charge >= 0.3 is 5.97 Å². The van der Waals surface area contributed by atoms with Crippen LogP contribution in [0.15, 0.2) is 28.7 Å². The van der Waals surface area contributed by atoms with E-state index in [4.69, 9.17) is 9.84 Å². The van der Waals surface area contributed by atoms with Gasteiger partial charge in [-0.05, 0) is 54.8 Å². The number of benzene rings is 1. The molecule has 3 nitrogen and oxygen atoms in total. The maximum Gasteiger partial charge on any atom is 0.309 e. The fraction of sp³-hybridized carbons (Fsp3) is 0.462. The topological polar surface area (TPSA) is 46.5 Å². The molecule has 0 unspecified atom stereocenters. The molecule has 0 aliphatic carbocycles. The molecule has 0 heterocycles. The Labute approximate surface area is 110 Å². The number of hydrogen-bond acceptors (Lipinski definition) is 2. The molecule has 0 amide bonds. The van der Waals surface area contributed by atoms with Crippen LogP contribution in [0.25, 0.3) is 0 Å². The lowest BCUT2D eigenvalue weighted by Gasteiger charge is -2.18. The maximum absolute atomic E-state index is 10.9. The minimum absolute atomic E-state index is 0.527. The van der Waals surface area contributed by atoms with Gasteiger partial charge < -0.3 is 9.84 Å². The Morgan fingerprint density at radius 2 is 2.06 bits per heavy atom.